The van der Waals surface area contributed by atoms with Gasteiger partial charge in [-0.3, -0.25) is 0 Å². The molecular weight excluding hydrogens is 166 g/mol. The van der Waals surface area contributed by atoms with Crippen molar-refractivity contribution in [1.82, 2.24) is 0 Å². The van der Waals surface area contributed by atoms with Crippen LogP contribution in [0.3, 0.4) is 0 Å². The van der Waals surface area contributed by atoms with Gasteiger partial charge in [0.05, 0.1) is 19.8 Å². The lowest BCUT2D eigenvalue weighted by atomic mass is 10.2. The van der Waals surface area contributed by atoms with E-state index >= 15 is 0 Å². The molecule has 0 aromatic carbocycles. The first-order valence-corrected chi connectivity index (χ1v) is 4.78. The molecular formula is C10H21NO2. The number of hydrogen-bond donors (Lipinski definition) is 1. The third-order valence-electron chi connectivity index (χ3n) is 1.34. The molecule has 0 aliphatic heterocycles. The maximum atomic E-state index is 5.33. The molecule has 0 atom stereocenters. The maximum Gasteiger partial charge on any atom is 0.0704 e. The molecule has 3 heteroatoms. The fraction of sp³-hybridized carbons (Fsp3) is 0.800. The van der Waals surface area contributed by atoms with Crippen LogP contribution in [0.15, 0.2) is 12.2 Å². The van der Waals surface area contributed by atoms with Crippen molar-refractivity contribution in [2.75, 3.05) is 33.0 Å². The normalized spacial score (nSPS) is 11.7. The van der Waals surface area contributed by atoms with Gasteiger partial charge in [0, 0.05) is 13.2 Å². The molecule has 2 N–H and O–H groups in total. The Labute approximate surface area is 80.9 Å². The van der Waals surface area contributed by atoms with Gasteiger partial charge in [-0.15, -0.1) is 0 Å². The molecule has 0 spiro atoms. The molecule has 0 heterocycles. The second-order valence-corrected chi connectivity index (χ2v) is 3.25. The van der Waals surface area contributed by atoms with Crippen molar-refractivity contribution in [2.45, 2.75) is 13.8 Å². The molecule has 0 aliphatic rings. The van der Waals surface area contributed by atoms with E-state index in [0.717, 1.165) is 6.61 Å². The number of nitrogens with two attached hydrogens (primary N) is 1. The number of hydrogen-bond acceptors (Lipinski definition) is 3. The molecule has 0 saturated heterocycles. The highest BCUT2D eigenvalue weighted by molar-refractivity contribution is 4.81. The van der Waals surface area contributed by atoms with E-state index in [2.05, 4.69) is 13.8 Å². The maximum absolute atomic E-state index is 5.33. The summed E-state index contributed by atoms with van der Waals surface area (Å²) in [5, 5.41) is 0. The Kier molecular flexibility index (Phi) is 9.42. The van der Waals surface area contributed by atoms with Gasteiger partial charge in [-0.25, -0.2) is 0 Å². The van der Waals surface area contributed by atoms with Crippen LogP contribution in [0, 0.1) is 5.92 Å². The lowest BCUT2D eigenvalue weighted by Crippen LogP contribution is -2.08. The van der Waals surface area contributed by atoms with Gasteiger partial charge in [-0.1, -0.05) is 26.0 Å². The third-order valence-corrected chi connectivity index (χ3v) is 1.34. The van der Waals surface area contributed by atoms with E-state index in [4.69, 9.17) is 15.2 Å². The van der Waals surface area contributed by atoms with Crippen LogP contribution in [0.25, 0.3) is 0 Å². The molecule has 0 amide bonds. The van der Waals surface area contributed by atoms with Gasteiger partial charge in [0.1, 0.15) is 0 Å². The molecule has 78 valence electrons. The zero-order valence-corrected chi connectivity index (χ0v) is 8.66. The standard InChI is InChI=1S/C10H21NO2/c1-10(2)9-13-8-7-12-6-4-3-5-11/h3-4,10H,5-9,11H2,1-2H3/b4-3+. The number of ether oxygens (including phenoxy) is 2. The van der Waals surface area contributed by atoms with Gasteiger partial charge in [-0.2, -0.15) is 0 Å². The van der Waals surface area contributed by atoms with Crippen LogP contribution in [0.5, 0.6) is 0 Å². The van der Waals surface area contributed by atoms with Crippen molar-refractivity contribution in [3.63, 3.8) is 0 Å². The summed E-state index contributed by atoms with van der Waals surface area (Å²) in [7, 11) is 0. The highest BCUT2D eigenvalue weighted by atomic mass is 16.5. The van der Waals surface area contributed by atoms with E-state index < -0.39 is 0 Å². The number of rotatable bonds is 8. The monoisotopic (exact) mass is 187 g/mol. The van der Waals surface area contributed by atoms with E-state index in [1.807, 2.05) is 12.2 Å². The Morgan fingerprint density at radius 1 is 1.15 bits per heavy atom. The van der Waals surface area contributed by atoms with Gasteiger partial charge in [-0.05, 0) is 5.92 Å². The first kappa shape index (κ1) is 12.6. The zero-order chi connectivity index (χ0) is 9.94. The summed E-state index contributed by atoms with van der Waals surface area (Å²) in [6.07, 6.45) is 3.80. The summed E-state index contributed by atoms with van der Waals surface area (Å²) in [5.74, 6) is 0.595. The van der Waals surface area contributed by atoms with Gasteiger partial charge < -0.3 is 15.2 Å². The summed E-state index contributed by atoms with van der Waals surface area (Å²) in [6.45, 7) is 7.60. The van der Waals surface area contributed by atoms with Gasteiger partial charge in [0.15, 0.2) is 0 Å². The van der Waals surface area contributed by atoms with Gasteiger partial charge in [0.2, 0.25) is 0 Å². The van der Waals surface area contributed by atoms with Crippen molar-refractivity contribution in [3.05, 3.63) is 12.2 Å². The summed E-state index contributed by atoms with van der Waals surface area (Å²) in [6, 6.07) is 0. The lowest BCUT2D eigenvalue weighted by Gasteiger charge is -2.06. The average molecular weight is 187 g/mol. The smallest absolute Gasteiger partial charge is 0.0704 e. The lowest BCUT2D eigenvalue weighted by molar-refractivity contribution is 0.0469. The minimum Gasteiger partial charge on any atom is -0.379 e. The van der Waals surface area contributed by atoms with Crippen LogP contribution in [0.4, 0.5) is 0 Å². The van der Waals surface area contributed by atoms with Crippen LogP contribution in [0.1, 0.15) is 13.8 Å². The largest absolute Gasteiger partial charge is 0.379 e. The molecule has 13 heavy (non-hydrogen) atoms. The van der Waals surface area contributed by atoms with Crippen LogP contribution < -0.4 is 5.73 Å². The van der Waals surface area contributed by atoms with Crippen LogP contribution >= 0.6 is 0 Å². The van der Waals surface area contributed by atoms with E-state index in [0.29, 0.717) is 32.3 Å². The van der Waals surface area contributed by atoms with Crippen molar-refractivity contribution in [3.8, 4) is 0 Å². The molecule has 3 nitrogen and oxygen atoms in total. The van der Waals surface area contributed by atoms with Gasteiger partial charge >= 0.3 is 0 Å². The Bertz CT molecular complexity index is 124. The SMILES string of the molecule is CC(C)COCCOC/C=C/CN. The molecule has 0 bridgehead atoms. The molecule has 0 rings (SSSR count). The third kappa shape index (κ3) is 11.6. The van der Waals surface area contributed by atoms with Crippen molar-refractivity contribution >= 4 is 0 Å². The summed E-state index contributed by atoms with van der Waals surface area (Å²) >= 11 is 0. The molecule has 0 aromatic rings. The quantitative estimate of drug-likeness (QED) is 0.458. The fourth-order valence-electron chi connectivity index (χ4n) is 0.753. The summed E-state index contributed by atoms with van der Waals surface area (Å²) in [4.78, 5) is 0. The first-order valence-electron chi connectivity index (χ1n) is 4.78. The van der Waals surface area contributed by atoms with Gasteiger partial charge in [0.25, 0.3) is 0 Å². The van der Waals surface area contributed by atoms with Crippen LogP contribution in [-0.4, -0.2) is 33.0 Å². The average Bonchev–Trinajstić information content (AvgIpc) is 2.09. The van der Waals surface area contributed by atoms with Crippen molar-refractivity contribution in [1.29, 1.82) is 0 Å². The van der Waals surface area contributed by atoms with E-state index in [9.17, 15) is 0 Å². The Hall–Kier alpha value is -0.380. The highest BCUT2D eigenvalue weighted by Crippen LogP contribution is 1.91. The second kappa shape index (κ2) is 9.71. The topological polar surface area (TPSA) is 44.5 Å². The zero-order valence-electron chi connectivity index (χ0n) is 8.66. The Balaban J connectivity index is 2.95. The van der Waals surface area contributed by atoms with E-state index in [1.54, 1.807) is 0 Å². The second-order valence-electron chi connectivity index (χ2n) is 3.25. The molecule has 0 fully saturated rings. The van der Waals surface area contributed by atoms with Crippen molar-refractivity contribution < 1.29 is 9.47 Å². The Morgan fingerprint density at radius 2 is 1.85 bits per heavy atom. The predicted octanol–water partition coefficient (Wildman–Crippen LogP) is 1.19. The van der Waals surface area contributed by atoms with Crippen LogP contribution in [-0.2, 0) is 9.47 Å². The van der Waals surface area contributed by atoms with Crippen molar-refractivity contribution in [2.24, 2.45) is 11.7 Å². The summed E-state index contributed by atoms with van der Waals surface area (Å²) < 4.78 is 10.6. The summed E-state index contributed by atoms with van der Waals surface area (Å²) in [5.41, 5.74) is 5.26. The highest BCUT2D eigenvalue weighted by Gasteiger charge is 1.92. The minimum absolute atomic E-state index is 0.577. The van der Waals surface area contributed by atoms with E-state index in [-0.39, 0.29) is 0 Å². The fourth-order valence-corrected chi connectivity index (χ4v) is 0.753. The molecule has 0 aromatic heterocycles. The van der Waals surface area contributed by atoms with E-state index in [1.165, 1.54) is 0 Å². The molecule has 0 aliphatic carbocycles. The predicted molar refractivity (Wildman–Crippen MR) is 54.7 cm³/mol. The minimum atomic E-state index is 0.577. The Morgan fingerprint density at radius 3 is 2.46 bits per heavy atom. The molecule has 0 radical (unpaired) electrons. The van der Waals surface area contributed by atoms with Crippen LogP contribution in [0.2, 0.25) is 0 Å². The molecule has 0 unspecified atom stereocenters. The first-order chi connectivity index (χ1) is 6.27. The molecule has 0 saturated carbocycles.